The highest BCUT2D eigenvalue weighted by Crippen LogP contribution is 2.35. The van der Waals surface area contributed by atoms with Crippen LogP contribution in [0.15, 0.2) is 52.3 Å². The third-order valence-electron chi connectivity index (χ3n) is 3.41. The number of rotatable bonds is 2. The van der Waals surface area contributed by atoms with Gasteiger partial charge in [0.2, 0.25) is 9.84 Å². The lowest BCUT2D eigenvalue weighted by molar-refractivity contribution is 0.115. The molecule has 110 valence electrons. The van der Waals surface area contributed by atoms with E-state index in [4.69, 9.17) is 4.74 Å². The molecule has 1 atom stereocenters. The Hall–Kier alpha value is -1.92. The van der Waals surface area contributed by atoms with Crippen LogP contribution < -0.4 is 4.74 Å². The Morgan fingerprint density at radius 3 is 2.67 bits per heavy atom. The van der Waals surface area contributed by atoms with E-state index in [1.807, 2.05) is 0 Å². The lowest BCUT2D eigenvalue weighted by atomic mass is 10.0. The van der Waals surface area contributed by atoms with Crippen molar-refractivity contribution in [1.82, 2.24) is 0 Å². The van der Waals surface area contributed by atoms with Gasteiger partial charge in [0.25, 0.3) is 0 Å². The highest BCUT2D eigenvalue weighted by atomic mass is 32.2. The molecule has 0 saturated carbocycles. The van der Waals surface area contributed by atoms with E-state index in [0.29, 0.717) is 24.3 Å². The average molecular weight is 308 g/mol. The van der Waals surface area contributed by atoms with Crippen molar-refractivity contribution < 1.29 is 22.7 Å². The largest absolute Gasteiger partial charge is 0.493 e. The minimum absolute atomic E-state index is 0.0148. The molecule has 6 heteroatoms. The van der Waals surface area contributed by atoms with Crippen molar-refractivity contribution in [3.63, 3.8) is 0 Å². The van der Waals surface area contributed by atoms with Crippen molar-refractivity contribution in [3.05, 3.63) is 53.8 Å². The summed E-state index contributed by atoms with van der Waals surface area (Å²) >= 11 is 0. The zero-order chi connectivity index (χ0) is 15.0. The molecule has 21 heavy (non-hydrogen) atoms. The first kappa shape index (κ1) is 14.0. The Bertz CT molecular complexity index is 786. The fourth-order valence-corrected chi connectivity index (χ4v) is 3.60. The summed E-state index contributed by atoms with van der Waals surface area (Å²) in [6.45, 7) is 0.331. The van der Waals surface area contributed by atoms with E-state index in [1.54, 1.807) is 0 Å². The molecule has 1 aliphatic rings. The van der Waals surface area contributed by atoms with Crippen molar-refractivity contribution in [2.45, 2.75) is 22.3 Å². The molecule has 2 aromatic rings. The van der Waals surface area contributed by atoms with Crippen LogP contribution in [-0.2, 0) is 9.84 Å². The van der Waals surface area contributed by atoms with Gasteiger partial charge in [0, 0.05) is 12.0 Å². The normalized spacial score (nSPS) is 17.9. The number of benzene rings is 2. The molecule has 2 aromatic carbocycles. The zero-order valence-corrected chi connectivity index (χ0v) is 11.8. The number of aliphatic hydroxyl groups excluding tert-OH is 1. The highest BCUT2D eigenvalue weighted by Gasteiger charge is 2.24. The molecule has 1 N–H and O–H groups in total. The van der Waals surface area contributed by atoms with E-state index in [1.165, 1.54) is 36.4 Å². The van der Waals surface area contributed by atoms with E-state index in [2.05, 4.69) is 0 Å². The van der Waals surface area contributed by atoms with E-state index in [0.717, 1.165) is 6.07 Å². The summed E-state index contributed by atoms with van der Waals surface area (Å²) in [5, 5.41) is 9.83. The second-order valence-corrected chi connectivity index (χ2v) is 6.76. The maximum absolute atomic E-state index is 13.2. The van der Waals surface area contributed by atoms with Gasteiger partial charge >= 0.3 is 0 Å². The lowest BCUT2D eigenvalue weighted by Gasteiger charge is -2.22. The molecule has 0 spiro atoms. The molecule has 1 aliphatic heterocycles. The van der Waals surface area contributed by atoms with Gasteiger partial charge in [-0.1, -0.05) is 12.1 Å². The Kier molecular flexibility index (Phi) is 3.43. The maximum Gasteiger partial charge on any atom is 0.206 e. The van der Waals surface area contributed by atoms with Crippen molar-refractivity contribution >= 4 is 9.84 Å². The first-order valence-electron chi connectivity index (χ1n) is 6.44. The van der Waals surface area contributed by atoms with Crippen LogP contribution >= 0.6 is 0 Å². The van der Waals surface area contributed by atoms with E-state index in [-0.39, 0.29) is 9.79 Å². The van der Waals surface area contributed by atoms with Crippen LogP contribution in [0.25, 0.3) is 0 Å². The Morgan fingerprint density at radius 1 is 1.14 bits per heavy atom. The molecule has 4 nitrogen and oxygen atoms in total. The molecule has 0 aromatic heterocycles. The lowest BCUT2D eigenvalue weighted by Crippen LogP contribution is -2.14. The molecular weight excluding hydrogens is 295 g/mol. The van der Waals surface area contributed by atoms with Gasteiger partial charge in [-0.3, -0.25) is 0 Å². The van der Waals surface area contributed by atoms with Crippen LogP contribution in [0.3, 0.4) is 0 Å². The van der Waals surface area contributed by atoms with Crippen LogP contribution in [0, 0.1) is 5.82 Å². The molecule has 0 fully saturated rings. The van der Waals surface area contributed by atoms with Gasteiger partial charge in [0.15, 0.2) is 0 Å². The Morgan fingerprint density at radius 2 is 1.90 bits per heavy atom. The van der Waals surface area contributed by atoms with Crippen LogP contribution in [0.2, 0.25) is 0 Å². The van der Waals surface area contributed by atoms with Crippen LogP contribution in [0.1, 0.15) is 18.1 Å². The number of ether oxygens (including phenoxy) is 1. The minimum atomic E-state index is -3.81. The third kappa shape index (κ3) is 2.52. The molecule has 1 heterocycles. The molecule has 0 amide bonds. The van der Waals surface area contributed by atoms with E-state index in [9.17, 15) is 17.9 Å². The van der Waals surface area contributed by atoms with Gasteiger partial charge in [0.1, 0.15) is 11.6 Å². The van der Waals surface area contributed by atoms with Crippen molar-refractivity contribution in [2.75, 3.05) is 6.61 Å². The number of halogens is 1. The third-order valence-corrected chi connectivity index (χ3v) is 5.16. The van der Waals surface area contributed by atoms with Gasteiger partial charge in [-0.2, -0.15) is 0 Å². The number of hydrogen-bond acceptors (Lipinski definition) is 4. The molecule has 0 aliphatic carbocycles. The van der Waals surface area contributed by atoms with E-state index >= 15 is 0 Å². The first-order valence-corrected chi connectivity index (χ1v) is 7.92. The highest BCUT2D eigenvalue weighted by molar-refractivity contribution is 7.91. The predicted octanol–water partition coefficient (Wildman–Crippen LogP) is 2.47. The van der Waals surface area contributed by atoms with Crippen molar-refractivity contribution in [3.8, 4) is 5.75 Å². The second-order valence-electron chi connectivity index (χ2n) is 4.81. The maximum atomic E-state index is 13.2. The van der Waals surface area contributed by atoms with Crippen LogP contribution in [0.5, 0.6) is 5.75 Å². The summed E-state index contributed by atoms with van der Waals surface area (Å²) in [5.74, 6) is -0.257. The topological polar surface area (TPSA) is 63.6 Å². The Balaban J connectivity index is 2.08. The summed E-state index contributed by atoms with van der Waals surface area (Å²) in [6.07, 6.45) is -0.178. The van der Waals surface area contributed by atoms with Gasteiger partial charge in [0.05, 0.1) is 22.5 Å². The number of sulfone groups is 1. The second kappa shape index (κ2) is 5.13. The fraction of sp³-hybridized carbons (Fsp3) is 0.200. The fourth-order valence-electron chi connectivity index (χ4n) is 2.29. The summed E-state index contributed by atoms with van der Waals surface area (Å²) < 4.78 is 43.5. The monoisotopic (exact) mass is 308 g/mol. The van der Waals surface area contributed by atoms with Gasteiger partial charge < -0.3 is 9.84 Å². The van der Waals surface area contributed by atoms with Gasteiger partial charge in [-0.05, 0) is 30.3 Å². The number of hydrogen-bond donors (Lipinski definition) is 1. The van der Waals surface area contributed by atoms with E-state index < -0.39 is 21.8 Å². The van der Waals surface area contributed by atoms with Crippen LogP contribution in [0.4, 0.5) is 4.39 Å². The standard InChI is InChI=1S/C15H13FO4S/c16-10-2-1-3-11(8-10)21(18,19)12-4-5-13-14(17)6-7-20-15(13)9-12/h1-5,8-9,14,17H,6-7H2/t14-/m0/s1. The number of fused-ring (bicyclic) bond motifs is 1. The van der Waals surface area contributed by atoms with Crippen molar-refractivity contribution in [2.24, 2.45) is 0 Å². The van der Waals surface area contributed by atoms with Crippen molar-refractivity contribution in [1.29, 1.82) is 0 Å². The summed E-state index contributed by atoms with van der Waals surface area (Å²) in [5.41, 5.74) is 0.569. The molecule has 0 saturated heterocycles. The summed E-state index contributed by atoms with van der Waals surface area (Å²) in [7, 11) is -3.81. The molecular formula is C15H13FO4S. The zero-order valence-electron chi connectivity index (χ0n) is 11.0. The number of aliphatic hydroxyl groups is 1. The first-order chi connectivity index (χ1) is 9.98. The predicted molar refractivity (Wildman–Crippen MR) is 73.4 cm³/mol. The van der Waals surface area contributed by atoms with Gasteiger partial charge in [-0.25, -0.2) is 12.8 Å². The quantitative estimate of drug-likeness (QED) is 0.925. The summed E-state index contributed by atoms with van der Waals surface area (Å²) in [4.78, 5) is -0.0974. The van der Waals surface area contributed by atoms with Crippen LogP contribution in [-0.4, -0.2) is 20.1 Å². The Labute approximate surface area is 121 Å². The summed E-state index contributed by atoms with van der Waals surface area (Å²) in [6, 6.07) is 9.16. The molecule has 0 radical (unpaired) electrons. The smallest absolute Gasteiger partial charge is 0.206 e. The van der Waals surface area contributed by atoms with Gasteiger partial charge in [-0.15, -0.1) is 0 Å². The molecule has 0 bridgehead atoms. The minimum Gasteiger partial charge on any atom is -0.493 e. The average Bonchev–Trinajstić information content (AvgIpc) is 2.47. The molecule has 0 unspecified atom stereocenters. The molecule has 3 rings (SSSR count). The SMILES string of the molecule is O=S(=O)(c1cccc(F)c1)c1ccc2c(c1)OCC[C@@H]2O.